The molecule has 3 heteroatoms. The highest BCUT2D eigenvalue weighted by Gasteiger charge is 1.99. The zero-order valence-corrected chi connectivity index (χ0v) is 11.8. The van der Waals surface area contributed by atoms with Crippen molar-refractivity contribution in [3.05, 3.63) is 65.7 Å². The average Bonchev–Trinajstić information content (AvgIpc) is 2.48. The normalized spacial score (nSPS) is 12.1. The number of hydrogen-bond acceptors (Lipinski definition) is 3. The summed E-state index contributed by atoms with van der Waals surface area (Å²) in [6, 6.07) is 17.9. The van der Waals surface area contributed by atoms with Crippen LogP contribution in [0.25, 0.3) is 0 Å². The van der Waals surface area contributed by atoms with Crippen LogP contribution < -0.4 is 5.32 Å². The van der Waals surface area contributed by atoms with Crippen molar-refractivity contribution in [3.63, 3.8) is 0 Å². The largest absolute Gasteiger partial charge is 0.389 e. The van der Waals surface area contributed by atoms with Gasteiger partial charge in [0.1, 0.15) is 0 Å². The number of aliphatic hydroxyl groups excluding tert-OH is 1. The van der Waals surface area contributed by atoms with E-state index in [1.165, 1.54) is 5.56 Å². The Hall–Kier alpha value is -1.84. The summed E-state index contributed by atoms with van der Waals surface area (Å²) in [6.07, 6.45) is -0.418. The van der Waals surface area contributed by atoms with E-state index in [2.05, 4.69) is 17.4 Å². The van der Waals surface area contributed by atoms with Gasteiger partial charge in [-0.3, -0.25) is 0 Å². The molecule has 0 heterocycles. The smallest absolute Gasteiger partial charge is 0.0761 e. The van der Waals surface area contributed by atoms with Crippen molar-refractivity contribution in [3.8, 4) is 0 Å². The summed E-state index contributed by atoms with van der Waals surface area (Å²) >= 11 is 0. The SMILES string of the molecule is CC(O)c1ccc(NCCOCc2ccccc2)cc1. The third-order valence-electron chi connectivity index (χ3n) is 3.08. The molecule has 0 saturated heterocycles. The van der Waals surface area contributed by atoms with Gasteiger partial charge in [-0.25, -0.2) is 0 Å². The van der Waals surface area contributed by atoms with Gasteiger partial charge in [-0.2, -0.15) is 0 Å². The van der Waals surface area contributed by atoms with Crippen molar-refractivity contribution >= 4 is 5.69 Å². The molecule has 0 radical (unpaired) electrons. The van der Waals surface area contributed by atoms with Gasteiger partial charge in [0.2, 0.25) is 0 Å². The first-order chi connectivity index (χ1) is 9.75. The summed E-state index contributed by atoms with van der Waals surface area (Å²) < 4.78 is 5.60. The highest BCUT2D eigenvalue weighted by molar-refractivity contribution is 5.44. The lowest BCUT2D eigenvalue weighted by Gasteiger charge is -2.09. The van der Waals surface area contributed by atoms with E-state index in [1.807, 2.05) is 42.5 Å². The van der Waals surface area contributed by atoms with E-state index in [4.69, 9.17) is 4.74 Å². The molecule has 2 aromatic carbocycles. The predicted octanol–water partition coefficient (Wildman–Crippen LogP) is 3.37. The Bertz CT molecular complexity index is 494. The first-order valence-electron chi connectivity index (χ1n) is 6.89. The maximum absolute atomic E-state index is 9.43. The minimum absolute atomic E-state index is 0.418. The Balaban J connectivity index is 1.66. The molecule has 2 rings (SSSR count). The molecule has 106 valence electrons. The topological polar surface area (TPSA) is 41.5 Å². The Labute approximate surface area is 120 Å². The summed E-state index contributed by atoms with van der Waals surface area (Å²) in [4.78, 5) is 0. The second-order valence-corrected chi connectivity index (χ2v) is 4.76. The lowest BCUT2D eigenvalue weighted by molar-refractivity contribution is 0.130. The molecule has 0 aliphatic carbocycles. The van der Waals surface area contributed by atoms with E-state index in [0.717, 1.165) is 17.8 Å². The fourth-order valence-electron chi connectivity index (χ4n) is 1.91. The van der Waals surface area contributed by atoms with Crippen LogP contribution in [0, 0.1) is 0 Å². The van der Waals surface area contributed by atoms with Crippen LogP contribution in [-0.4, -0.2) is 18.3 Å². The monoisotopic (exact) mass is 271 g/mol. The molecule has 0 fully saturated rings. The third-order valence-corrected chi connectivity index (χ3v) is 3.08. The number of ether oxygens (including phenoxy) is 1. The molecule has 0 aromatic heterocycles. The molecule has 1 unspecified atom stereocenters. The number of anilines is 1. The number of nitrogens with one attached hydrogen (secondary N) is 1. The fourth-order valence-corrected chi connectivity index (χ4v) is 1.91. The van der Waals surface area contributed by atoms with Gasteiger partial charge in [-0.05, 0) is 30.2 Å². The van der Waals surface area contributed by atoms with Gasteiger partial charge in [0.15, 0.2) is 0 Å². The van der Waals surface area contributed by atoms with Crippen molar-refractivity contribution in [2.24, 2.45) is 0 Å². The molecule has 2 aromatic rings. The number of aliphatic hydroxyl groups is 1. The Morgan fingerprint density at radius 3 is 2.40 bits per heavy atom. The van der Waals surface area contributed by atoms with E-state index >= 15 is 0 Å². The molecule has 20 heavy (non-hydrogen) atoms. The Morgan fingerprint density at radius 1 is 1.05 bits per heavy atom. The van der Waals surface area contributed by atoms with Crippen molar-refractivity contribution < 1.29 is 9.84 Å². The van der Waals surface area contributed by atoms with Gasteiger partial charge < -0.3 is 15.2 Å². The molecular formula is C17H21NO2. The summed E-state index contributed by atoms with van der Waals surface area (Å²) in [5, 5.41) is 12.7. The van der Waals surface area contributed by atoms with Crippen LogP contribution >= 0.6 is 0 Å². The van der Waals surface area contributed by atoms with Crippen LogP contribution in [0.4, 0.5) is 5.69 Å². The van der Waals surface area contributed by atoms with Crippen molar-refractivity contribution in [1.29, 1.82) is 0 Å². The minimum atomic E-state index is -0.418. The van der Waals surface area contributed by atoms with Crippen LogP contribution in [-0.2, 0) is 11.3 Å². The van der Waals surface area contributed by atoms with Gasteiger partial charge in [-0.1, -0.05) is 42.5 Å². The molecule has 0 aliphatic rings. The van der Waals surface area contributed by atoms with Crippen molar-refractivity contribution in [2.45, 2.75) is 19.6 Å². The highest BCUT2D eigenvalue weighted by atomic mass is 16.5. The van der Waals surface area contributed by atoms with Gasteiger partial charge in [0, 0.05) is 12.2 Å². The van der Waals surface area contributed by atoms with Crippen LogP contribution in [0.15, 0.2) is 54.6 Å². The van der Waals surface area contributed by atoms with Gasteiger partial charge >= 0.3 is 0 Å². The second-order valence-electron chi connectivity index (χ2n) is 4.76. The molecule has 0 aliphatic heterocycles. The standard InChI is InChI=1S/C17H21NO2/c1-14(19)16-7-9-17(10-8-16)18-11-12-20-13-15-5-3-2-4-6-15/h2-10,14,18-19H,11-13H2,1H3. The van der Waals surface area contributed by atoms with Crippen LogP contribution in [0.1, 0.15) is 24.2 Å². The van der Waals surface area contributed by atoms with Gasteiger partial charge in [0.05, 0.1) is 19.3 Å². The minimum Gasteiger partial charge on any atom is -0.389 e. The molecule has 0 spiro atoms. The van der Waals surface area contributed by atoms with Crippen LogP contribution in [0.3, 0.4) is 0 Å². The molecule has 0 saturated carbocycles. The van der Waals surface area contributed by atoms with E-state index in [-0.39, 0.29) is 0 Å². The Kier molecular flexibility index (Phi) is 5.59. The number of hydrogen-bond donors (Lipinski definition) is 2. The molecule has 0 bridgehead atoms. The van der Waals surface area contributed by atoms with Crippen molar-refractivity contribution in [1.82, 2.24) is 0 Å². The second kappa shape index (κ2) is 7.68. The molecule has 1 atom stereocenters. The lowest BCUT2D eigenvalue weighted by atomic mass is 10.1. The third kappa shape index (κ3) is 4.68. The molecule has 2 N–H and O–H groups in total. The molecule has 3 nitrogen and oxygen atoms in total. The van der Waals surface area contributed by atoms with Gasteiger partial charge in [-0.15, -0.1) is 0 Å². The summed E-state index contributed by atoms with van der Waals surface area (Å²) in [5.41, 5.74) is 3.15. The van der Waals surface area contributed by atoms with Crippen molar-refractivity contribution in [2.75, 3.05) is 18.5 Å². The summed E-state index contributed by atoms with van der Waals surface area (Å²) in [7, 11) is 0. The molecular weight excluding hydrogens is 250 g/mol. The van der Waals surface area contributed by atoms with Crippen LogP contribution in [0.2, 0.25) is 0 Å². The summed E-state index contributed by atoms with van der Waals surface area (Å²) in [6.45, 7) is 3.83. The van der Waals surface area contributed by atoms with E-state index in [0.29, 0.717) is 13.2 Å². The first kappa shape index (κ1) is 14.6. The summed E-state index contributed by atoms with van der Waals surface area (Å²) in [5.74, 6) is 0. The maximum atomic E-state index is 9.43. The number of benzene rings is 2. The molecule has 0 amide bonds. The lowest BCUT2D eigenvalue weighted by Crippen LogP contribution is -2.09. The zero-order chi connectivity index (χ0) is 14.2. The highest BCUT2D eigenvalue weighted by Crippen LogP contribution is 2.15. The van der Waals surface area contributed by atoms with E-state index in [9.17, 15) is 5.11 Å². The average molecular weight is 271 g/mol. The van der Waals surface area contributed by atoms with Gasteiger partial charge in [0.25, 0.3) is 0 Å². The van der Waals surface area contributed by atoms with E-state index in [1.54, 1.807) is 6.92 Å². The zero-order valence-electron chi connectivity index (χ0n) is 11.8. The fraction of sp³-hybridized carbons (Fsp3) is 0.294. The Morgan fingerprint density at radius 2 is 1.75 bits per heavy atom. The van der Waals surface area contributed by atoms with Crippen LogP contribution in [0.5, 0.6) is 0 Å². The maximum Gasteiger partial charge on any atom is 0.0761 e. The predicted molar refractivity (Wildman–Crippen MR) is 81.7 cm³/mol. The first-order valence-corrected chi connectivity index (χ1v) is 6.89. The van der Waals surface area contributed by atoms with E-state index < -0.39 is 6.10 Å². The number of rotatable bonds is 7. The quantitative estimate of drug-likeness (QED) is 0.759.